The number of unbranched alkanes of at least 4 members (excludes halogenated alkanes) is 2. The van der Waals surface area contributed by atoms with Crippen LogP contribution in [0.4, 0.5) is 0 Å². The number of rotatable bonds is 10. The highest BCUT2D eigenvalue weighted by molar-refractivity contribution is 5.29. The van der Waals surface area contributed by atoms with E-state index in [1.807, 2.05) is 17.9 Å². The van der Waals surface area contributed by atoms with Gasteiger partial charge in [0.15, 0.2) is 0 Å². The third-order valence-corrected chi connectivity index (χ3v) is 2.37. The molecule has 0 aromatic rings. The van der Waals surface area contributed by atoms with Crippen LogP contribution in [0, 0.1) is 0 Å². The van der Waals surface area contributed by atoms with Gasteiger partial charge in [-0.3, -0.25) is 0 Å². The third-order valence-electron chi connectivity index (χ3n) is 2.37. The average Bonchev–Trinajstić information content (AvgIpc) is 2.31. The molecule has 0 saturated heterocycles. The number of hydrogen-bond donors (Lipinski definition) is 0. The fraction of sp³-hybridized carbons (Fsp3) is 0.467. The quantitative estimate of drug-likeness (QED) is 0.319. The first-order valence-electron chi connectivity index (χ1n) is 6.12. The maximum Gasteiger partial charge on any atom is 0.122 e. The number of ether oxygens (including phenoxy) is 1. The maximum atomic E-state index is 5.60. The van der Waals surface area contributed by atoms with Crippen LogP contribution in [0.15, 0.2) is 49.4 Å². The largest absolute Gasteiger partial charge is 0.361 e. The van der Waals surface area contributed by atoms with Gasteiger partial charge in [0, 0.05) is 12.3 Å². The fourth-order valence-electron chi connectivity index (χ4n) is 1.43. The highest BCUT2D eigenvalue weighted by Gasteiger charge is 2.05. The predicted octanol–water partition coefficient (Wildman–Crippen LogP) is 4.24. The van der Waals surface area contributed by atoms with E-state index < -0.39 is 0 Å². The Bertz CT molecular complexity index is 279. The van der Waals surface area contributed by atoms with E-state index in [1.54, 1.807) is 12.3 Å². The van der Waals surface area contributed by atoms with Gasteiger partial charge in [0.05, 0.1) is 0 Å². The van der Waals surface area contributed by atoms with Crippen molar-refractivity contribution in [3.8, 4) is 0 Å². The SMILES string of the molecule is C=C/C=C(/C(=C)C)N(C=C)COCCCCC. The Balaban J connectivity index is 4.21. The Morgan fingerprint density at radius 2 is 2.00 bits per heavy atom. The van der Waals surface area contributed by atoms with Crippen molar-refractivity contribution < 1.29 is 4.74 Å². The van der Waals surface area contributed by atoms with Crippen molar-refractivity contribution in [1.29, 1.82) is 0 Å². The first-order chi connectivity index (χ1) is 8.17. The topological polar surface area (TPSA) is 12.5 Å². The van der Waals surface area contributed by atoms with E-state index in [1.165, 1.54) is 12.8 Å². The zero-order chi connectivity index (χ0) is 13.1. The molecule has 0 saturated carbocycles. The molecule has 17 heavy (non-hydrogen) atoms. The molecule has 0 aliphatic carbocycles. The van der Waals surface area contributed by atoms with Gasteiger partial charge in [0.1, 0.15) is 6.73 Å². The summed E-state index contributed by atoms with van der Waals surface area (Å²) < 4.78 is 5.60. The molecule has 0 fully saturated rings. The lowest BCUT2D eigenvalue weighted by atomic mass is 10.2. The van der Waals surface area contributed by atoms with Crippen molar-refractivity contribution in [2.45, 2.75) is 33.1 Å². The van der Waals surface area contributed by atoms with E-state index in [2.05, 4.69) is 26.7 Å². The summed E-state index contributed by atoms with van der Waals surface area (Å²) in [5, 5.41) is 0. The van der Waals surface area contributed by atoms with E-state index in [0.29, 0.717) is 6.73 Å². The minimum Gasteiger partial charge on any atom is -0.361 e. The number of allylic oxidation sites excluding steroid dienone is 3. The van der Waals surface area contributed by atoms with E-state index in [9.17, 15) is 0 Å². The van der Waals surface area contributed by atoms with Crippen molar-refractivity contribution >= 4 is 0 Å². The molecule has 0 spiro atoms. The molecular weight excluding hydrogens is 210 g/mol. The minimum absolute atomic E-state index is 0.514. The molecule has 2 nitrogen and oxygen atoms in total. The van der Waals surface area contributed by atoms with Crippen molar-refractivity contribution in [1.82, 2.24) is 4.90 Å². The zero-order valence-corrected chi connectivity index (χ0v) is 11.2. The smallest absolute Gasteiger partial charge is 0.122 e. The maximum absolute atomic E-state index is 5.60. The first kappa shape index (κ1) is 15.7. The van der Waals surface area contributed by atoms with Crippen LogP contribution >= 0.6 is 0 Å². The zero-order valence-electron chi connectivity index (χ0n) is 11.2. The monoisotopic (exact) mass is 235 g/mol. The second-order valence-corrected chi connectivity index (χ2v) is 3.96. The Hall–Kier alpha value is -1.28. The predicted molar refractivity (Wildman–Crippen MR) is 75.5 cm³/mol. The highest BCUT2D eigenvalue weighted by Crippen LogP contribution is 2.14. The Labute approximate surface area is 106 Å². The summed E-state index contributed by atoms with van der Waals surface area (Å²) in [4.78, 5) is 1.94. The minimum atomic E-state index is 0.514. The van der Waals surface area contributed by atoms with Crippen molar-refractivity contribution in [3.63, 3.8) is 0 Å². The summed E-state index contributed by atoms with van der Waals surface area (Å²) in [6.45, 7) is 16.9. The van der Waals surface area contributed by atoms with Crippen LogP contribution in [0.25, 0.3) is 0 Å². The van der Waals surface area contributed by atoms with Crippen LogP contribution in [-0.2, 0) is 4.74 Å². The van der Waals surface area contributed by atoms with Gasteiger partial charge in [-0.05, 0) is 31.2 Å². The fourth-order valence-corrected chi connectivity index (χ4v) is 1.43. The van der Waals surface area contributed by atoms with E-state index in [-0.39, 0.29) is 0 Å². The molecule has 0 atom stereocenters. The van der Waals surface area contributed by atoms with Gasteiger partial charge in [0.2, 0.25) is 0 Å². The lowest BCUT2D eigenvalue weighted by Gasteiger charge is -2.23. The van der Waals surface area contributed by atoms with Crippen LogP contribution in [0.3, 0.4) is 0 Å². The van der Waals surface area contributed by atoms with Crippen molar-refractivity contribution in [2.24, 2.45) is 0 Å². The van der Waals surface area contributed by atoms with E-state index in [0.717, 1.165) is 24.3 Å². The molecule has 96 valence electrons. The lowest BCUT2D eigenvalue weighted by molar-refractivity contribution is 0.0682. The first-order valence-corrected chi connectivity index (χ1v) is 6.12. The molecule has 0 rings (SSSR count). The van der Waals surface area contributed by atoms with Gasteiger partial charge in [-0.2, -0.15) is 0 Å². The second kappa shape index (κ2) is 9.91. The molecule has 0 aromatic carbocycles. The highest BCUT2D eigenvalue weighted by atomic mass is 16.5. The molecule has 0 unspecified atom stereocenters. The van der Waals surface area contributed by atoms with Gasteiger partial charge >= 0.3 is 0 Å². The molecule has 0 aliphatic heterocycles. The summed E-state index contributed by atoms with van der Waals surface area (Å²) in [7, 11) is 0. The summed E-state index contributed by atoms with van der Waals surface area (Å²) in [5.41, 5.74) is 1.97. The normalized spacial score (nSPS) is 11.1. The molecule has 0 radical (unpaired) electrons. The van der Waals surface area contributed by atoms with Gasteiger partial charge in [-0.15, -0.1) is 0 Å². The van der Waals surface area contributed by atoms with Gasteiger partial charge in [-0.25, -0.2) is 0 Å². The third kappa shape index (κ3) is 6.80. The Morgan fingerprint density at radius 1 is 1.29 bits per heavy atom. The summed E-state index contributed by atoms with van der Waals surface area (Å²) in [6, 6.07) is 0. The van der Waals surface area contributed by atoms with Crippen molar-refractivity contribution in [2.75, 3.05) is 13.3 Å². The molecular formula is C15H25NO. The molecule has 0 bridgehead atoms. The van der Waals surface area contributed by atoms with Gasteiger partial charge < -0.3 is 9.64 Å². The van der Waals surface area contributed by atoms with Crippen LogP contribution in [0.2, 0.25) is 0 Å². The van der Waals surface area contributed by atoms with Crippen LogP contribution < -0.4 is 0 Å². The molecule has 0 amide bonds. The lowest BCUT2D eigenvalue weighted by Crippen LogP contribution is -2.20. The number of nitrogens with zero attached hydrogens (tertiary/aromatic N) is 1. The van der Waals surface area contributed by atoms with Crippen LogP contribution in [0.1, 0.15) is 33.1 Å². The van der Waals surface area contributed by atoms with Gasteiger partial charge in [0.25, 0.3) is 0 Å². The Morgan fingerprint density at radius 3 is 2.47 bits per heavy atom. The summed E-state index contributed by atoms with van der Waals surface area (Å²) >= 11 is 0. The second-order valence-electron chi connectivity index (χ2n) is 3.96. The Kier molecular flexibility index (Phi) is 9.17. The van der Waals surface area contributed by atoms with Crippen LogP contribution in [0.5, 0.6) is 0 Å². The summed E-state index contributed by atoms with van der Waals surface area (Å²) in [6.07, 6.45) is 8.95. The molecule has 0 N–H and O–H groups in total. The molecule has 0 heterocycles. The van der Waals surface area contributed by atoms with E-state index in [4.69, 9.17) is 4.74 Å². The summed E-state index contributed by atoms with van der Waals surface area (Å²) in [5.74, 6) is 0. The van der Waals surface area contributed by atoms with E-state index >= 15 is 0 Å². The average molecular weight is 235 g/mol. The molecule has 2 heteroatoms. The standard InChI is InChI=1S/C15H25NO/c1-6-9-10-12-17-13-16(8-3)15(11-7-2)14(4)5/h7-8,11H,2-4,6,9-10,12-13H2,1,5H3/b15-11-. The number of hydrogen-bond acceptors (Lipinski definition) is 2. The van der Waals surface area contributed by atoms with Crippen molar-refractivity contribution in [3.05, 3.63) is 49.4 Å². The van der Waals surface area contributed by atoms with Crippen LogP contribution in [-0.4, -0.2) is 18.2 Å². The van der Waals surface area contributed by atoms with Gasteiger partial charge in [-0.1, -0.05) is 45.6 Å². The molecule has 0 aromatic heterocycles. The molecule has 0 aliphatic rings.